The van der Waals surface area contributed by atoms with Gasteiger partial charge in [0.25, 0.3) is 0 Å². The van der Waals surface area contributed by atoms with Crippen LogP contribution in [0.2, 0.25) is 0 Å². The second-order valence-corrected chi connectivity index (χ2v) is 6.40. The molecule has 0 aromatic heterocycles. The molecule has 0 aliphatic carbocycles. The fourth-order valence-electron chi connectivity index (χ4n) is 2.42. The lowest BCUT2D eigenvalue weighted by molar-refractivity contribution is 0.270. The molecule has 0 unspecified atom stereocenters. The van der Waals surface area contributed by atoms with Crippen LogP contribution in [0.3, 0.4) is 0 Å². The first-order chi connectivity index (χ1) is 14.1. The normalized spacial score (nSPS) is 13.2. The number of hydrogen-bond acceptors (Lipinski definition) is 5. The van der Waals surface area contributed by atoms with E-state index in [2.05, 4.69) is 40.8 Å². The van der Waals surface area contributed by atoms with Gasteiger partial charge in [-0.15, -0.1) is 0 Å². The molecule has 0 spiro atoms. The second kappa shape index (κ2) is 14.9. The molecule has 5 heteroatoms. The summed E-state index contributed by atoms with van der Waals surface area (Å²) in [5.74, 6) is 0. The number of benzene rings is 1. The predicted octanol–water partition coefficient (Wildman–Crippen LogP) is 5.19. The Balaban J connectivity index is 2.78. The first-order valence-corrected chi connectivity index (χ1v) is 10.0. The molecule has 0 aliphatic heterocycles. The number of rotatable bonds is 13. The highest BCUT2D eigenvalue weighted by atomic mass is 16.5. The zero-order valence-electron chi connectivity index (χ0n) is 18.0. The number of allylic oxidation sites excluding steroid dienone is 5. The average Bonchev–Trinajstić information content (AvgIpc) is 2.74. The highest BCUT2D eigenvalue weighted by Gasteiger charge is 2.00. The topological polar surface area (TPSA) is 69.5 Å². The molecule has 0 bridgehead atoms. The number of nitrogens with one attached hydrogen (secondary N) is 3. The van der Waals surface area contributed by atoms with Crippen molar-refractivity contribution in [2.24, 2.45) is 4.99 Å². The van der Waals surface area contributed by atoms with Gasteiger partial charge >= 0.3 is 0 Å². The largest absolute Gasteiger partial charge is 0.501 e. The molecule has 5 nitrogen and oxygen atoms in total. The van der Waals surface area contributed by atoms with Crippen molar-refractivity contribution in [1.29, 1.82) is 5.41 Å². The molecule has 156 valence electrons. The fraction of sp³-hybridized carbons (Fsp3) is 0.333. The Kier molecular flexibility index (Phi) is 12.3. The minimum Gasteiger partial charge on any atom is -0.501 e. The fourth-order valence-corrected chi connectivity index (χ4v) is 2.42. The van der Waals surface area contributed by atoms with Crippen molar-refractivity contribution >= 4 is 17.5 Å². The predicted molar refractivity (Wildman–Crippen MR) is 125 cm³/mol. The molecular weight excluding hydrogens is 360 g/mol. The van der Waals surface area contributed by atoms with Crippen molar-refractivity contribution in [3.8, 4) is 0 Å². The summed E-state index contributed by atoms with van der Waals surface area (Å²) in [4.78, 5) is 4.51. The molecule has 0 saturated carbocycles. The van der Waals surface area contributed by atoms with Crippen LogP contribution in [0.5, 0.6) is 0 Å². The zero-order valence-corrected chi connectivity index (χ0v) is 18.0. The van der Waals surface area contributed by atoms with E-state index in [1.54, 1.807) is 6.26 Å². The Morgan fingerprint density at radius 1 is 1.21 bits per heavy atom. The maximum atomic E-state index is 7.51. The Morgan fingerprint density at radius 2 is 1.97 bits per heavy atom. The van der Waals surface area contributed by atoms with Crippen LogP contribution in [0.1, 0.15) is 44.7 Å². The molecule has 0 saturated heterocycles. The summed E-state index contributed by atoms with van der Waals surface area (Å²) in [6, 6.07) is 8.20. The minimum atomic E-state index is 0.635. The SMILES string of the molecule is CCC/C=C/N=C(/C=C/OCC)\C=C(/C)NCc1ccc(/C(C=N)=C/NC)cc1. The summed E-state index contributed by atoms with van der Waals surface area (Å²) in [6.07, 6.45) is 14.8. The lowest BCUT2D eigenvalue weighted by Crippen LogP contribution is -2.11. The maximum Gasteiger partial charge on any atom is 0.0850 e. The van der Waals surface area contributed by atoms with Crippen LogP contribution in [-0.2, 0) is 11.3 Å². The first-order valence-electron chi connectivity index (χ1n) is 10.0. The molecule has 0 amide bonds. The van der Waals surface area contributed by atoms with Gasteiger partial charge in [-0.25, -0.2) is 0 Å². The highest BCUT2D eigenvalue weighted by molar-refractivity contribution is 6.08. The molecule has 0 heterocycles. The van der Waals surface area contributed by atoms with E-state index in [1.165, 1.54) is 11.8 Å². The number of ether oxygens (including phenoxy) is 1. The summed E-state index contributed by atoms with van der Waals surface area (Å²) in [5.41, 5.74) is 4.88. The molecule has 0 radical (unpaired) electrons. The Morgan fingerprint density at radius 3 is 2.59 bits per heavy atom. The van der Waals surface area contributed by atoms with Crippen LogP contribution in [0.15, 0.2) is 71.8 Å². The van der Waals surface area contributed by atoms with Gasteiger partial charge in [-0.05, 0) is 43.5 Å². The summed E-state index contributed by atoms with van der Waals surface area (Å²) < 4.78 is 5.30. The van der Waals surface area contributed by atoms with Crippen LogP contribution < -0.4 is 10.6 Å². The monoisotopic (exact) mass is 394 g/mol. The third kappa shape index (κ3) is 10.1. The minimum absolute atomic E-state index is 0.635. The summed E-state index contributed by atoms with van der Waals surface area (Å²) in [7, 11) is 1.83. The maximum absolute atomic E-state index is 7.51. The summed E-state index contributed by atoms with van der Waals surface area (Å²) in [5, 5.41) is 13.9. The number of unbranched alkanes of at least 4 members (excludes halogenated alkanes) is 1. The molecule has 1 aromatic rings. The first kappa shape index (κ1) is 24.0. The van der Waals surface area contributed by atoms with Crippen molar-refractivity contribution in [2.75, 3.05) is 13.7 Å². The number of nitrogens with zero attached hydrogens (tertiary/aromatic N) is 1. The van der Waals surface area contributed by atoms with E-state index >= 15 is 0 Å². The lowest BCUT2D eigenvalue weighted by atomic mass is 10.1. The smallest absolute Gasteiger partial charge is 0.0850 e. The number of aliphatic imine (C=N–C) groups is 1. The van der Waals surface area contributed by atoms with E-state index in [1.807, 2.05) is 57.6 Å². The van der Waals surface area contributed by atoms with Crippen molar-refractivity contribution in [1.82, 2.24) is 10.6 Å². The van der Waals surface area contributed by atoms with Crippen molar-refractivity contribution in [2.45, 2.75) is 40.2 Å². The van der Waals surface area contributed by atoms with Crippen LogP contribution in [0.4, 0.5) is 0 Å². The Bertz CT molecular complexity index is 756. The van der Waals surface area contributed by atoms with Gasteiger partial charge in [0.1, 0.15) is 0 Å². The molecule has 0 aliphatic rings. The van der Waals surface area contributed by atoms with Gasteiger partial charge in [-0.2, -0.15) is 0 Å². The van der Waals surface area contributed by atoms with E-state index in [4.69, 9.17) is 10.1 Å². The van der Waals surface area contributed by atoms with E-state index < -0.39 is 0 Å². The van der Waals surface area contributed by atoms with E-state index in [-0.39, 0.29) is 0 Å². The standard InChI is InChI=1S/C24H34N4O/c1-5-7-8-14-27-24(13-15-29-6-2)16-20(3)28-18-21-9-11-22(12-10-21)23(17-25)19-26-4/h8-17,19,25-26,28H,5-7,18H2,1-4H3/b14-8+,15-13+,20-16+,23-19+,25-17?,27-24-. The van der Waals surface area contributed by atoms with Gasteiger partial charge in [-0.1, -0.05) is 43.7 Å². The van der Waals surface area contributed by atoms with Crippen LogP contribution in [0, 0.1) is 5.41 Å². The third-order valence-corrected chi connectivity index (χ3v) is 3.96. The molecule has 1 aromatic carbocycles. The molecular formula is C24H34N4O. The van der Waals surface area contributed by atoms with Crippen LogP contribution >= 0.6 is 0 Å². The Hall–Kier alpha value is -3.08. The quantitative estimate of drug-likeness (QED) is 0.318. The molecule has 0 atom stereocenters. The molecule has 29 heavy (non-hydrogen) atoms. The summed E-state index contributed by atoms with van der Waals surface area (Å²) >= 11 is 0. The van der Waals surface area contributed by atoms with Crippen molar-refractivity contribution in [3.63, 3.8) is 0 Å². The van der Waals surface area contributed by atoms with E-state index in [0.29, 0.717) is 13.2 Å². The van der Waals surface area contributed by atoms with Gasteiger partial charge < -0.3 is 20.8 Å². The van der Waals surface area contributed by atoms with Crippen LogP contribution in [0.25, 0.3) is 5.57 Å². The van der Waals surface area contributed by atoms with Gasteiger partial charge in [0, 0.05) is 43.5 Å². The van der Waals surface area contributed by atoms with Crippen molar-refractivity contribution in [3.05, 3.63) is 78.0 Å². The van der Waals surface area contributed by atoms with E-state index in [0.717, 1.165) is 35.4 Å². The van der Waals surface area contributed by atoms with Gasteiger partial charge in [0.05, 0.1) is 18.6 Å². The number of hydrogen-bond donors (Lipinski definition) is 3. The molecule has 1 rings (SSSR count). The molecule has 0 fully saturated rings. The summed E-state index contributed by atoms with van der Waals surface area (Å²) in [6.45, 7) is 7.47. The molecule has 3 N–H and O–H groups in total. The second-order valence-electron chi connectivity index (χ2n) is 6.40. The third-order valence-electron chi connectivity index (χ3n) is 3.96. The van der Waals surface area contributed by atoms with Gasteiger partial charge in [0.2, 0.25) is 0 Å². The zero-order chi connectivity index (χ0) is 21.3. The average molecular weight is 395 g/mol. The van der Waals surface area contributed by atoms with Gasteiger partial charge in [0.15, 0.2) is 0 Å². The van der Waals surface area contributed by atoms with E-state index in [9.17, 15) is 0 Å². The van der Waals surface area contributed by atoms with Gasteiger partial charge in [-0.3, -0.25) is 4.99 Å². The Labute approximate surface area is 175 Å². The highest BCUT2D eigenvalue weighted by Crippen LogP contribution is 2.13. The van der Waals surface area contributed by atoms with Crippen molar-refractivity contribution < 1.29 is 4.74 Å². The van der Waals surface area contributed by atoms with Crippen LogP contribution in [-0.4, -0.2) is 25.6 Å². The lowest BCUT2D eigenvalue weighted by Gasteiger charge is -2.08.